The van der Waals surface area contributed by atoms with Crippen LogP contribution in [0.2, 0.25) is 0 Å². The molecule has 0 amide bonds. The van der Waals surface area contributed by atoms with Gasteiger partial charge in [-0.15, -0.1) is 0 Å². The van der Waals surface area contributed by atoms with Gasteiger partial charge in [-0.25, -0.2) is 0 Å². The van der Waals surface area contributed by atoms with Crippen molar-refractivity contribution in [1.82, 2.24) is 0 Å². The summed E-state index contributed by atoms with van der Waals surface area (Å²) in [7, 11) is 0. The fourth-order valence-corrected chi connectivity index (χ4v) is 8.59. The molecule has 2 aliphatic rings. The second kappa shape index (κ2) is 11.2. The van der Waals surface area contributed by atoms with Crippen LogP contribution in [0, 0.1) is 11.3 Å². The standard InChI is InChI=1S/C40H46/c1-7-34-36(31-23-14-11-15-24-31)37(38(6)29-21-20-22-30(38)5)35(8-2)40(10-4,33-27-18-13-19-28-33)39(34,9-3)32-25-16-12-17-26-32/h11-30H,7-10H2,1-6H3. The van der Waals surface area contributed by atoms with Crippen molar-refractivity contribution in [3.8, 4) is 0 Å². The quantitative estimate of drug-likeness (QED) is 0.274. The Morgan fingerprint density at radius 1 is 0.600 bits per heavy atom. The van der Waals surface area contributed by atoms with Gasteiger partial charge >= 0.3 is 0 Å². The predicted molar refractivity (Wildman–Crippen MR) is 173 cm³/mol. The van der Waals surface area contributed by atoms with E-state index in [1.165, 1.54) is 22.3 Å². The minimum atomic E-state index is -0.174. The van der Waals surface area contributed by atoms with Gasteiger partial charge < -0.3 is 0 Å². The van der Waals surface area contributed by atoms with Gasteiger partial charge in [-0.05, 0) is 59.4 Å². The Morgan fingerprint density at radius 2 is 1.07 bits per heavy atom. The SMILES string of the molecule is CCC1=C(c2ccccc2)C(C2(C)C=CC=CC2C)=C(CC)C(CC)(c2ccccc2)C1(CC)c1ccccc1. The van der Waals surface area contributed by atoms with E-state index < -0.39 is 0 Å². The molecule has 0 aromatic heterocycles. The monoisotopic (exact) mass is 526 g/mol. The average Bonchev–Trinajstić information content (AvgIpc) is 3.02. The molecular formula is C40H46. The van der Waals surface area contributed by atoms with Gasteiger partial charge in [0.2, 0.25) is 0 Å². The van der Waals surface area contributed by atoms with Crippen molar-refractivity contribution in [3.63, 3.8) is 0 Å². The largest absolute Gasteiger partial charge is 0.0805 e. The summed E-state index contributed by atoms with van der Waals surface area (Å²) in [6.45, 7) is 14.6. The second-order valence-corrected chi connectivity index (χ2v) is 11.8. The number of benzene rings is 3. The number of hydrogen-bond donors (Lipinski definition) is 0. The highest BCUT2D eigenvalue weighted by Gasteiger charge is 2.59. The van der Waals surface area contributed by atoms with E-state index in [4.69, 9.17) is 0 Å². The van der Waals surface area contributed by atoms with Crippen LogP contribution in [0.15, 0.2) is 132 Å². The zero-order chi connectivity index (χ0) is 28.4. The zero-order valence-corrected chi connectivity index (χ0v) is 25.4. The van der Waals surface area contributed by atoms with E-state index >= 15 is 0 Å². The summed E-state index contributed by atoms with van der Waals surface area (Å²) in [5, 5.41) is 0. The van der Waals surface area contributed by atoms with Crippen molar-refractivity contribution in [2.75, 3.05) is 0 Å². The first-order valence-corrected chi connectivity index (χ1v) is 15.5. The zero-order valence-electron chi connectivity index (χ0n) is 25.4. The first-order chi connectivity index (χ1) is 19.5. The van der Waals surface area contributed by atoms with Gasteiger partial charge in [0.1, 0.15) is 0 Å². The summed E-state index contributed by atoms with van der Waals surface area (Å²) in [6, 6.07) is 34.3. The van der Waals surface area contributed by atoms with E-state index in [9.17, 15) is 0 Å². The van der Waals surface area contributed by atoms with Gasteiger partial charge in [-0.1, -0.05) is 168 Å². The lowest BCUT2D eigenvalue weighted by Crippen LogP contribution is -2.55. The Bertz CT molecular complexity index is 1440. The molecule has 0 fully saturated rings. The van der Waals surface area contributed by atoms with Gasteiger partial charge in [-0.2, -0.15) is 0 Å². The summed E-state index contributed by atoms with van der Waals surface area (Å²) in [5.74, 6) is 0.391. The molecule has 0 aliphatic heterocycles. The molecule has 0 heteroatoms. The summed E-state index contributed by atoms with van der Waals surface area (Å²) in [5.41, 5.74) is 10.0. The van der Waals surface area contributed by atoms with Crippen LogP contribution in [0.1, 0.15) is 83.9 Å². The third-order valence-electron chi connectivity index (χ3n) is 10.4. The van der Waals surface area contributed by atoms with Gasteiger partial charge in [0.05, 0.1) is 0 Å². The highest BCUT2D eigenvalue weighted by Crippen LogP contribution is 2.67. The fourth-order valence-electron chi connectivity index (χ4n) is 8.59. The minimum Gasteiger partial charge on any atom is -0.0805 e. The van der Waals surface area contributed by atoms with Gasteiger partial charge in [0.15, 0.2) is 0 Å². The summed E-state index contributed by atoms with van der Waals surface area (Å²) < 4.78 is 0. The topological polar surface area (TPSA) is 0 Å². The molecule has 5 rings (SSSR count). The van der Waals surface area contributed by atoms with E-state index in [-0.39, 0.29) is 16.2 Å². The molecule has 0 bridgehead atoms. The average molecular weight is 527 g/mol. The molecule has 3 aromatic rings. The van der Waals surface area contributed by atoms with E-state index in [0.717, 1.165) is 25.7 Å². The second-order valence-electron chi connectivity index (χ2n) is 11.8. The highest BCUT2D eigenvalue weighted by atomic mass is 14.6. The van der Waals surface area contributed by atoms with Crippen LogP contribution in [0.3, 0.4) is 0 Å². The van der Waals surface area contributed by atoms with Crippen molar-refractivity contribution >= 4 is 5.57 Å². The van der Waals surface area contributed by atoms with Crippen molar-refractivity contribution < 1.29 is 0 Å². The molecular weight excluding hydrogens is 480 g/mol. The Labute approximate surface area is 243 Å². The van der Waals surface area contributed by atoms with Gasteiger partial charge in [0.25, 0.3) is 0 Å². The molecule has 4 unspecified atom stereocenters. The molecule has 0 nitrogen and oxygen atoms in total. The molecule has 4 atom stereocenters. The van der Waals surface area contributed by atoms with Crippen molar-refractivity contribution in [2.24, 2.45) is 11.3 Å². The van der Waals surface area contributed by atoms with E-state index in [2.05, 4.69) is 157 Å². The molecule has 0 N–H and O–H groups in total. The van der Waals surface area contributed by atoms with Crippen molar-refractivity contribution in [1.29, 1.82) is 0 Å². The van der Waals surface area contributed by atoms with Crippen molar-refractivity contribution in [2.45, 2.75) is 78.1 Å². The normalized spacial score (nSPS) is 28.3. The number of hydrogen-bond acceptors (Lipinski definition) is 0. The van der Waals surface area contributed by atoms with E-state index in [0.29, 0.717) is 5.92 Å². The molecule has 2 aliphatic carbocycles. The molecule has 3 aromatic carbocycles. The first kappa shape index (κ1) is 28.2. The molecule has 206 valence electrons. The maximum atomic E-state index is 2.49. The molecule has 0 radical (unpaired) electrons. The molecule has 0 saturated heterocycles. The fraction of sp³-hybridized carbons (Fsp3) is 0.350. The van der Waals surface area contributed by atoms with Crippen LogP contribution in [0.4, 0.5) is 0 Å². The lowest BCUT2D eigenvalue weighted by molar-refractivity contribution is 0.249. The van der Waals surface area contributed by atoms with Crippen molar-refractivity contribution in [3.05, 3.63) is 149 Å². The molecule has 0 saturated carbocycles. The van der Waals surface area contributed by atoms with E-state index in [1.807, 2.05) is 0 Å². The van der Waals surface area contributed by atoms with Crippen LogP contribution in [-0.4, -0.2) is 0 Å². The molecule has 40 heavy (non-hydrogen) atoms. The smallest absolute Gasteiger partial charge is 0.0302 e. The van der Waals surface area contributed by atoms with Crippen LogP contribution in [0.5, 0.6) is 0 Å². The molecule has 0 heterocycles. The maximum Gasteiger partial charge on any atom is 0.0302 e. The number of allylic oxidation sites excluding steroid dienone is 8. The Morgan fingerprint density at radius 3 is 1.52 bits per heavy atom. The Hall–Kier alpha value is -3.38. The lowest BCUT2D eigenvalue weighted by atomic mass is 9.43. The summed E-state index contributed by atoms with van der Waals surface area (Å²) in [6.07, 6.45) is 13.5. The van der Waals surface area contributed by atoms with Gasteiger partial charge in [-0.3, -0.25) is 0 Å². The van der Waals surface area contributed by atoms with Crippen LogP contribution in [-0.2, 0) is 10.8 Å². The number of rotatable bonds is 8. The summed E-state index contributed by atoms with van der Waals surface area (Å²) in [4.78, 5) is 0. The first-order valence-electron chi connectivity index (χ1n) is 15.5. The maximum absolute atomic E-state index is 2.49. The third kappa shape index (κ3) is 3.94. The highest BCUT2D eigenvalue weighted by molar-refractivity contribution is 5.89. The van der Waals surface area contributed by atoms with Crippen LogP contribution < -0.4 is 0 Å². The Kier molecular flexibility index (Phi) is 7.92. The third-order valence-corrected chi connectivity index (χ3v) is 10.4. The minimum absolute atomic E-state index is 0.114. The predicted octanol–water partition coefficient (Wildman–Crippen LogP) is 11.0. The molecule has 0 spiro atoms. The lowest BCUT2D eigenvalue weighted by Gasteiger charge is -2.60. The van der Waals surface area contributed by atoms with Crippen LogP contribution >= 0.6 is 0 Å². The van der Waals surface area contributed by atoms with Gasteiger partial charge in [0, 0.05) is 16.2 Å². The van der Waals surface area contributed by atoms with E-state index in [1.54, 1.807) is 16.7 Å². The van der Waals surface area contributed by atoms with Crippen LogP contribution in [0.25, 0.3) is 5.57 Å². The Balaban J connectivity index is 2.07. The summed E-state index contributed by atoms with van der Waals surface area (Å²) >= 11 is 0.